The van der Waals surface area contributed by atoms with Crippen molar-refractivity contribution in [2.75, 3.05) is 0 Å². The molecule has 0 bridgehead atoms. The molecule has 164 valence electrons. The lowest BCUT2D eigenvalue weighted by Gasteiger charge is -2.23. The zero-order valence-corrected chi connectivity index (χ0v) is 18.6. The first-order valence-corrected chi connectivity index (χ1v) is 10.6. The van der Waals surface area contributed by atoms with Crippen LogP contribution in [-0.4, -0.2) is 29.5 Å². The lowest BCUT2D eigenvalue weighted by molar-refractivity contribution is -0.137. The Hall–Kier alpha value is -2.86. The number of hydrogen-bond acceptors (Lipinski definition) is 5. The molecule has 1 N–H and O–H groups in total. The average Bonchev–Trinajstić information content (AvgIpc) is 3.51. The quantitative estimate of drug-likeness (QED) is 0.362. The third-order valence-electron chi connectivity index (χ3n) is 4.67. The molecule has 0 radical (unpaired) electrons. The van der Waals surface area contributed by atoms with Crippen molar-refractivity contribution >= 4 is 29.4 Å². The summed E-state index contributed by atoms with van der Waals surface area (Å²) in [6.07, 6.45) is 1.76. The number of benzene rings is 2. The molecule has 1 aliphatic carbocycles. The molecule has 0 aliphatic heterocycles. The lowest BCUT2D eigenvalue weighted by atomic mass is 10.0. The van der Waals surface area contributed by atoms with Crippen LogP contribution in [0.4, 0.5) is 4.79 Å². The Labute approximate surface area is 186 Å². The Morgan fingerprint density at radius 2 is 1.77 bits per heavy atom. The lowest BCUT2D eigenvalue weighted by Crippen LogP contribution is -2.45. The Kier molecular flexibility index (Phi) is 7.01. The van der Waals surface area contributed by atoms with Crippen LogP contribution in [0, 0.1) is 5.92 Å². The third-order valence-corrected chi connectivity index (χ3v) is 4.91. The summed E-state index contributed by atoms with van der Waals surface area (Å²) in [6.45, 7) is 5.24. The fourth-order valence-corrected chi connectivity index (χ4v) is 3.22. The number of amides is 1. The molecule has 0 heterocycles. The van der Waals surface area contributed by atoms with Gasteiger partial charge < -0.3 is 14.8 Å². The molecule has 0 aromatic heterocycles. The SMILES string of the molecule is CC(C)(C)OC(=O)N[C@@H](CC1CC1)C(=O)Oc1ccc(Cl)cc1C(=O)c1ccccc1. The summed E-state index contributed by atoms with van der Waals surface area (Å²) in [5, 5.41) is 2.96. The molecule has 1 saturated carbocycles. The van der Waals surface area contributed by atoms with Gasteiger partial charge in [0.25, 0.3) is 0 Å². The Bertz CT molecular complexity index is 964. The monoisotopic (exact) mass is 443 g/mol. The van der Waals surface area contributed by atoms with Crippen LogP contribution in [0.1, 0.15) is 56.0 Å². The molecule has 7 heteroatoms. The number of rotatable bonds is 7. The van der Waals surface area contributed by atoms with Gasteiger partial charge in [0.1, 0.15) is 17.4 Å². The van der Waals surface area contributed by atoms with Gasteiger partial charge in [-0.25, -0.2) is 9.59 Å². The molecular weight excluding hydrogens is 418 g/mol. The molecule has 2 aromatic rings. The second-order valence-corrected chi connectivity index (χ2v) is 9.07. The number of nitrogens with one attached hydrogen (secondary N) is 1. The van der Waals surface area contributed by atoms with Crippen molar-refractivity contribution in [3.63, 3.8) is 0 Å². The molecule has 1 amide bonds. The number of ether oxygens (including phenoxy) is 2. The highest BCUT2D eigenvalue weighted by atomic mass is 35.5. The van der Waals surface area contributed by atoms with Crippen LogP contribution in [0.3, 0.4) is 0 Å². The van der Waals surface area contributed by atoms with Crippen molar-refractivity contribution < 1.29 is 23.9 Å². The van der Waals surface area contributed by atoms with Crippen molar-refractivity contribution in [1.82, 2.24) is 5.32 Å². The molecule has 2 aromatic carbocycles. The van der Waals surface area contributed by atoms with E-state index in [-0.39, 0.29) is 17.1 Å². The maximum Gasteiger partial charge on any atom is 0.408 e. The van der Waals surface area contributed by atoms with Crippen molar-refractivity contribution in [2.45, 2.75) is 51.7 Å². The summed E-state index contributed by atoms with van der Waals surface area (Å²) in [7, 11) is 0. The highest BCUT2D eigenvalue weighted by Crippen LogP contribution is 2.34. The van der Waals surface area contributed by atoms with Crippen molar-refractivity contribution in [3.8, 4) is 5.75 Å². The fourth-order valence-electron chi connectivity index (χ4n) is 3.04. The molecule has 1 fully saturated rings. The maximum atomic E-state index is 13.0. The van der Waals surface area contributed by atoms with E-state index in [1.54, 1.807) is 57.2 Å². The van der Waals surface area contributed by atoms with Gasteiger partial charge in [-0.2, -0.15) is 0 Å². The van der Waals surface area contributed by atoms with Gasteiger partial charge in [-0.05, 0) is 51.3 Å². The van der Waals surface area contributed by atoms with Gasteiger partial charge in [-0.15, -0.1) is 0 Å². The minimum absolute atomic E-state index is 0.0926. The second kappa shape index (κ2) is 9.52. The molecule has 0 unspecified atom stereocenters. The fraction of sp³-hybridized carbons (Fsp3) is 0.375. The van der Waals surface area contributed by atoms with Crippen LogP contribution in [0.25, 0.3) is 0 Å². The van der Waals surface area contributed by atoms with E-state index in [1.165, 1.54) is 12.1 Å². The number of halogens is 1. The first-order chi connectivity index (χ1) is 14.6. The van der Waals surface area contributed by atoms with E-state index in [0.717, 1.165) is 12.8 Å². The van der Waals surface area contributed by atoms with Gasteiger partial charge in [0.2, 0.25) is 0 Å². The first-order valence-electron chi connectivity index (χ1n) is 10.2. The summed E-state index contributed by atoms with van der Waals surface area (Å²) in [5.74, 6) is -0.523. The number of alkyl carbamates (subject to hydrolysis) is 1. The molecular formula is C24H26ClNO5. The standard InChI is InChI=1S/C24H26ClNO5/c1-24(2,3)31-23(29)26-19(13-15-9-10-15)22(28)30-20-12-11-17(25)14-18(20)21(27)16-7-5-4-6-8-16/h4-8,11-12,14-15,19H,9-10,13H2,1-3H3,(H,26,29)/t19-/m0/s1. The second-order valence-electron chi connectivity index (χ2n) is 8.63. The molecule has 31 heavy (non-hydrogen) atoms. The predicted octanol–water partition coefficient (Wildman–Crippen LogP) is 5.17. The normalized spacial score (nSPS) is 14.5. The van der Waals surface area contributed by atoms with Crippen LogP contribution >= 0.6 is 11.6 Å². The average molecular weight is 444 g/mol. The summed E-state index contributed by atoms with van der Waals surface area (Å²) in [6, 6.07) is 12.3. The third kappa shape index (κ3) is 6.82. The van der Waals surface area contributed by atoms with E-state index >= 15 is 0 Å². The van der Waals surface area contributed by atoms with E-state index in [2.05, 4.69) is 5.32 Å². The smallest absolute Gasteiger partial charge is 0.408 e. The minimum atomic E-state index is -0.877. The minimum Gasteiger partial charge on any atom is -0.444 e. The van der Waals surface area contributed by atoms with Crippen LogP contribution in [0.5, 0.6) is 5.75 Å². The van der Waals surface area contributed by atoms with Gasteiger partial charge in [-0.3, -0.25) is 4.79 Å². The number of carbonyl (C=O) groups excluding carboxylic acids is 3. The predicted molar refractivity (Wildman–Crippen MR) is 117 cm³/mol. The molecule has 0 spiro atoms. The zero-order chi connectivity index (χ0) is 22.6. The van der Waals surface area contributed by atoms with Crippen LogP contribution < -0.4 is 10.1 Å². The highest BCUT2D eigenvalue weighted by Gasteiger charge is 2.33. The molecule has 1 atom stereocenters. The summed E-state index contributed by atoms with van der Waals surface area (Å²) >= 11 is 6.09. The van der Waals surface area contributed by atoms with Gasteiger partial charge >= 0.3 is 12.1 Å². The molecule has 1 aliphatic rings. The largest absolute Gasteiger partial charge is 0.444 e. The molecule has 3 rings (SSSR count). The van der Waals surface area contributed by atoms with Crippen molar-refractivity contribution in [2.24, 2.45) is 5.92 Å². The van der Waals surface area contributed by atoms with E-state index in [9.17, 15) is 14.4 Å². The number of esters is 1. The molecule has 6 nitrogen and oxygen atoms in total. The number of carbonyl (C=O) groups is 3. The van der Waals surface area contributed by atoms with E-state index in [0.29, 0.717) is 22.9 Å². The van der Waals surface area contributed by atoms with E-state index < -0.39 is 23.7 Å². The van der Waals surface area contributed by atoms with Crippen LogP contribution in [0.2, 0.25) is 5.02 Å². The van der Waals surface area contributed by atoms with Crippen LogP contribution in [-0.2, 0) is 9.53 Å². The van der Waals surface area contributed by atoms with Gasteiger partial charge in [-0.1, -0.05) is 54.8 Å². The van der Waals surface area contributed by atoms with Gasteiger partial charge in [0, 0.05) is 10.6 Å². The highest BCUT2D eigenvalue weighted by molar-refractivity contribution is 6.31. The molecule has 0 saturated heterocycles. The Balaban J connectivity index is 1.79. The van der Waals surface area contributed by atoms with E-state index in [1.807, 2.05) is 0 Å². The van der Waals surface area contributed by atoms with Crippen molar-refractivity contribution in [3.05, 3.63) is 64.7 Å². The first kappa shape index (κ1) is 22.8. The van der Waals surface area contributed by atoms with Gasteiger partial charge in [0.15, 0.2) is 5.78 Å². The maximum absolute atomic E-state index is 13.0. The van der Waals surface area contributed by atoms with Crippen molar-refractivity contribution in [1.29, 1.82) is 0 Å². The summed E-state index contributed by atoms with van der Waals surface area (Å²) < 4.78 is 10.9. The summed E-state index contributed by atoms with van der Waals surface area (Å²) in [4.78, 5) is 38.1. The summed E-state index contributed by atoms with van der Waals surface area (Å²) in [5.41, 5.74) is -0.0678. The zero-order valence-electron chi connectivity index (χ0n) is 17.8. The van der Waals surface area contributed by atoms with Gasteiger partial charge in [0.05, 0.1) is 5.56 Å². The number of hydrogen-bond donors (Lipinski definition) is 1. The van der Waals surface area contributed by atoms with Crippen LogP contribution in [0.15, 0.2) is 48.5 Å². The Morgan fingerprint density at radius 1 is 1.10 bits per heavy atom. The topological polar surface area (TPSA) is 81.7 Å². The Morgan fingerprint density at radius 3 is 2.39 bits per heavy atom. The number of ketones is 1. The van der Waals surface area contributed by atoms with E-state index in [4.69, 9.17) is 21.1 Å².